The van der Waals surface area contributed by atoms with Crippen molar-refractivity contribution in [3.63, 3.8) is 0 Å². The summed E-state index contributed by atoms with van der Waals surface area (Å²) in [5.41, 5.74) is 1.23. The number of sulfonamides is 1. The summed E-state index contributed by atoms with van der Waals surface area (Å²) in [4.78, 5) is 12.8. The van der Waals surface area contributed by atoms with Crippen LogP contribution in [0.5, 0.6) is 11.5 Å². The molecule has 0 atom stereocenters. The predicted molar refractivity (Wildman–Crippen MR) is 151 cm³/mol. The largest absolute Gasteiger partial charge is 0.493 e. The summed E-state index contributed by atoms with van der Waals surface area (Å²) in [7, 11) is -2.57. The highest BCUT2D eigenvalue weighted by molar-refractivity contribution is 7.89. The third kappa shape index (κ3) is 7.70. The molecule has 4 rings (SSSR count). The van der Waals surface area contributed by atoms with E-state index in [1.165, 1.54) is 23.5 Å². The maximum absolute atomic E-state index is 13.8. The number of hydrogen-bond acceptors (Lipinski definition) is 8. The topological polar surface area (TPSA) is 111 Å². The highest BCUT2D eigenvalue weighted by Gasteiger charge is 2.28. The zero-order chi connectivity index (χ0) is 28.5. The van der Waals surface area contributed by atoms with Gasteiger partial charge in [0.2, 0.25) is 10.0 Å². The van der Waals surface area contributed by atoms with E-state index in [0.29, 0.717) is 49.8 Å². The van der Waals surface area contributed by atoms with Gasteiger partial charge >= 0.3 is 0 Å². The molecule has 0 saturated carbocycles. The number of rotatable bonds is 13. The van der Waals surface area contributed by atoms with Crippen LogP contribution in [0.2, 0.25) is 5.02 Å². The molecule has 0 radical (unpaired) electrons. The first-order valence-corrected chi connectivity index (χ1v) is 14.7. The lowest BCUT2D eigenvalue weighted by Crippen LogP contribution is -2.39. The molecule has 3 aromatic carbocycles. The summed E-state index contributed by atoms with van der Waals surface area (Å²) in [6.45, 7) is 4.18. The SMILES string of the molecule is COc1cc(CN(CCCN2CCOCC2)S(=O)(=O)c2ccc(Cl)c([N+](=O)[O-])c2)ccc1OCc1ccccc1. The van der Waals surface area contributed by atoms with Gasteiger partial charge in [0.15, 0.2) is 11.5 Å². The lowest BCUT2D eigenvalue weighted by molar-refractivity contribution is -0.384. The Kier molecular flexibility index (Phi) is 10.3. The van der Waals surface area contributed by atoms with Gasteiger partial charge in [0.1, 0.15) is 11.6 Å². The molecule has 0 aromatic heterocycles. The minimum atomic E-state index is -4.10. The number of nitro benzene ring substituents is 1. The van der Waals surface area contributed by atoms with Crippen molar-refractivity contribution < 1.29 is 27.6 Å². The molecule has 0 N–H and O–H groups in total. The third-order valence-corrected chi connectivity index (χ3v) is 8.72. The molecule has 3 aromatic rings. The summed E-state index contributed by atoms with van der Waals surface area (Å²) in [6, 6.07) is 18.5. The Morgan fingerprint density at radius 1 is 1.02 bits per heavy atom. The van der Waals surface area contributed by atoms with Crippen molar-refractivity contribution >= 4 is 27.3 Å². The van der Waals surface area contributed by atoms with E-state index in [9.17, 15) is 18.5 Å². The van der Waals surface area contributed by atoms with Gasteiger partial charge in [-0.2, -0.15) is 4.31 Å². The molecule has 1 fully saturated rings. The molecular weight excluding hydrogens is 558 g/mol. The summed E-state index contributed by atoms with van der Waals surface area (Å²) in [5.74, 6) is 1.01. The fraction of sp³-hybridized carbons (Fsp3) is 0.357. The summed E-state index contributed by atoms with van der Waals surface area (Å²) >= 11 is 5.94. The highest BCUT2D eigenvalue weighted by atomic mass is 35.5. The molecule has 0 amide bonds. The van der Waals surface area contributed by atoms with Crippen molar-refractivity contribution in [3.8, 4) is 11.5 Å². The van der Waals surface area contributed by atoms with E-state index >= 15 is 0 Å². The van der Waals surface area contributed by atoms with E-state index < -0.39 is 20.6 Å². The van der Waals surface area contributed by atoms with Crippen LogP contribution in [-0.2, 0) is 27.9 Å². The second-order valence-corrected chi connectivity index (χ2v) is 11.6. The molecule has 1 aliphatic rings. The average molecular weight is 590 g/mol. The highest BCUT2D eigenvalue weighted by Crippen LogP contribution is 2.32. The van der Waals surface area contributed by atoms with Crippen LogP contribution in [0.3, 0.4) is 0 Å². The molecule has 214 valence electrons. The summed E-state index contributed by atoms with van der Waals surface area (Å²) in [6.07, 6.45) is 0.574. The minimum Gasteiger partial charge on any atom is -0.493 e. The zero-order valence-electron chi connectivity index (χ0n) is 22.2. The number of methoxy groups -OCH3 is 1. The van der Waals surface area contributed by atoms with E-state index in [4.69, 9.17) is 25.8 Å². The van der Waals surface area contributed by atoms with E-state index in [1.54, 1.807) is 18.2 Å². The zero-order valence-corrected chi connectivity index (χ0v) is 23.8. The van der Waals surface area contributed by atoms with Crippen molar-refractivity contribution in [1.29, 1.82) is 0 Å². The monoisotopic (exact) mass is 589 g/mol. The van der Waals surface area contributed by atoms with Crippen LogP contribution in [-0.4, -0.2) is 69.0 Å². The molecule has 1 saturated heterocycles. The number of nitro groups is 1. The molecule has 0 aliphatic carbocycles. The summed E-state index contributed by atoms with van der Waals surface area (Å²) < 4.78 is 45.7. The van der Waals surface area contributed by atoms with Crippen molar-refractivity contribution in [2.45, 2.75) is 24.5 Å². The second kappa shape index (κ2) is 13.9. The Labute approximate surface area is 239 Å². The van der Waals surface area contributed by atoms with E-state index in [1.807, 2.05) is 30.3 Å². The van der Waals surface area contributed by atoms with E-state index in [2.05, 4.69) is 4.90 Å². The van der Waals surface area contributed by atoms with Crippen LogP contribution in [0.15, 0.2) is 71.6 Å². The van der Waals surface area contributed by atoms with Gasteiger partial charge in [-0.05, 0) is 48.4 Å². The van der Waals surface area contributed by atoms with E-state index in [-0.39, 0.29) is 23.0 Å². The predicted octanol–water partition coefficient (Wildman–Crippen LogP) is 4.75. The Hall–Kier alpha value is -3.22. The van der Waals surface area contributed by atoms with Crippen LogP contribution in [0.4, 0.5) is 5.69 Å². The Bertz CT molecular complexity index is 1400. The van der Waals surface area contributed by atoms with Crippen LogP contribution in [0.1, 0.15) is 17.5 Å². The Balaban J connectivity index is 1.56. The minimum absolute atomic E-state index is 0.0389. The van der Waals surface area contributed by atoms with Crippen LogP contribution in [0.25, 0.3) is 0 Å². The summed E-state index contributed by atoms with van der Waals surface area (Å²) in [5, 5.41) is 11.3. The van der Waals surface area contributed by atoms with Gasteiger partial charge < -0.3 is 14.2 Å². The average Bonchev–Trinajstić information content (AvgIpc) is 2.96. The number of benzene rings is 3. The van der Waals surface area contributed by atoms with Gasteiger partial charge in [0, 0.05) is 32.2 Å². The van der Waals surface area contributed by atoms with Gasteiger partial charge in [0.25, 0.3) is 5.69 Å². The first-order chi connectivity index (χ1) is 19.3. The Morgan fingerprint density at radius 2 is 1.77 bits per heavy atom. The maximum atomic E-state index is 13.8. The van der Waals surface area contributed by atoms with Gasteiger partial charge in [-0.3, -0.25) is 15.0 Å². The molecule has 10 nitrogen and oxygen atoms in total. The number of nitrogens with zero attached hydrogens (tertiary/aromatic N) is 3. The first kappa shape index (κ1) is 29.8. The van der Waals surface area contributed by atoms with Crippen LogP contribution in [0, 0.1) is 10.1 Å². The second-order valence-electron chi connectivity index (χ2n) is 9.28. The van der Waals surface area contributed by atoms with Gasteiger partial charge in [-0.15, -0.1) is 0 Å². The van der Waals surface area contributed by atoms with Crippen molar-refractivity contribution in [2.75, 3.05) is 46.5 Å². The smallest absolute Gasteiger partial charge is 0.289 e. The molecule has 0 bridgehead atoms. The normalized spacial score (nSPS) is 14.3. The number of morpholine rings is 1. The molecular formula is C28H32ClN3O7S. The van der Waals surface area contributed by atoms with Gasteiger partial charge in [0.05, 0.1) is 30.1 Å². The van der Waals surface area contributed by atoms with Gasteiger partial charge in [-0.25, -0.2) is 8.42 Å². The van der Waals surface area contributed by atoms with Gasteiger partial charge in [-0.1, -0.05) is 48.0 Å². The molecule has 0 unspecified atom stereocenters. The quantitative estimate of drug-likeness (QED) is 0.207. The number of hydrogen-bond donors (Lipinski definition) is 0. The van der Waals surface area contributed by atoms with E-state index in [0.717, 1.165) is 24.7 Å². The van der Waals surface area contributed by atoms with Crippen LogP contribution >= 0.6 is 11.6 Å². The number of ether oxygens (including phenoxy) is 3. The molecule has 1 aliphatic heterocycles. The Morgan fingerprint density at radius 3 is 2.48 bits per heavy atom. The number of halogens is 1. The molecule has 12 heteroatoms. The lowest BCUT2D eigenvalue weighted by Gasteiger charge is -2.28. The van der Waals surface area contributed by atoms with Crippen molar-refractivity contribution in [1.82, 2.24) is 9.21 Å². The van der Waals surface area contributed by atoms with Crippen LogP contribution < -0.4 is 9.47 Å². The molecule has 40 heavy (non-hydrogen) atoms. The van der Waals surface area contributed by atoms with Crippen molar-refractivity contribution in [2.24, 2.45) is 0 Å². The third-order valence-electron chi connectivity index (χ3n) is 6.56. The fourth-order valence-corrected chi connectivity index (χ4v) is 6.06. The lowest BCUT2D eigenvalue weighted by atomic mass is 10.2. The first-order valence-electron chi connectivity index (χ1n) is 12.9. The maximum Gasteiger partial charge on any atom is 0.289 e. The van der Waals surface area contributed by atoms with Crippen molar-refractivity contribution in [3.05, 3.63) is 93.0 Å². The fourth-order valence-electron chi connectivity index (χ4n) is 4.39. The molecule has 0 spiro atoms. The standard InChI is InChI=1S/C28H32ClN3O7S/c1-37-28-18-23(8-11-27(28)39-21-22-6-3-2-4-7-22)20-31(13-5-12-30-14-16-38-17-15-30)40(35,36)24-9-10-25(29)26(19-24)32(33)34/h2-4,6-11,18-19H,5,12-17,20-21H2,1H3. The molecule has 1 heterocycles.